The van der Waals surface area contributed by atoms with Crippen LogP contribution in [0.3, 0.4) is 0 Å². The van der Waals surface area contributed by atoms with Crippen molar-refractivity contribution >= 4 is 5.71 Å². The molecule has 0 radical (unpaired) electrons. The fourth-order valence-corrected chi connectivity index (χ4v) is 3.85. The summed E-state index contributed by atoms with van der Waals surface area (Å²) in [6.07, 6.45) is 1.34. The van der Waals surface area contributed by atoms with E-state index in [1.807, 2.05) is 6.92 Å². The van der Waals surface area contributed by atoms with Crippen molar-refractivity contribution in [2.24, 2.45) is 0 Å². The number of aliphatic hydroxyl groups is 1. The van der Waals surface area contributed by atoms with Crippen LogP contribution in [0.5, 0.6) is 0 Å². The fourth-order valence-electron chi connectivity index (χ4n) is 3.85. The summed E-state index contributed by atoms with van der Waals surface area (Å²) in [7, 11) is 0. The number of rotatable bonds is 1. The molecule has 0 spiro atoms. The zero-order valence-corrected chi connectivity index (χ0v) is 11.9. The van der Waals surface area contributed by atoms with Gasteiger partial charge in [-0.2, -0.15) is 4.74 Å². The average Bonchev–Trinajstić information content (AvgIpc) is 3.04. The van der Waals surface area contributed by atoms with E-state index >= 15 is 0 Å². The number of hydrogen-bond acceptors (Lipinski definition) is 7. The minimum Gasteiger partial charge on any atom is -0.622 e. The van der Waals surface area contributed by atoms with Crippen molar-refractivity contribution in [3.8, 4) is 0 Å². The molecule has 2 aliphatic heterocycles. The van der Waals surface area contributed by atoms with E-state index < -0.39 is 11.3 Å². The van der Waals surface area contributed by atoms with Gasteiger partial charge in [0.1, 0.15) is 5.69 Å². The second kappa shape index (κ2) is 4.25. The molecule has 8 nitrogen and oxygen atoms in total. The summed E-state index contributed by atoms with van der Waals surface area (Å²) in [5.41, 5.74) is -0.612. The van der Waals surface area contributed by atoms with Crippen LogP contribution in [0.15, 0.2) is 4.63 Å². The third-order valence-electron chi connectivity index (χ3n) is 4.99. The Morgan fingerprint density at radius 3 is 2.81 bits per heavy atom. The quantitative estimate of drug-likeness (QED) is 0.556. The molecular formula is C13H18N4O4. The number of morpholine rings is 1. The van der Waals surface area contributed by atoms with Crippen LogP contribution in [0.2, 0.25) is 0 Å². The van der Waals surface area contributed by atoms with E-state index in [0.717, 1.165) is 4.74 Å². The van der Waals surface area contributed by atoms with Gasteiger partial charge in [-0.3, -0.25) is 0 Å². The number of hydroxylamine groups is 1. The highest BCUT2D eigenvalue weighted by Gasteiger charge is 2.63. The van der Waals surface area contributed by atoms with E-state index in [-0.39, 0.29) is 6.42 Å². The highest BCUT2D eigenvalue weighted by molar-refractivity contribution is 5.92. The van der Waals surface area contributed by atoms with Gasteiger partial charge in [0.25, 0.3) is 0 Å². The number of aryl methyl sites for hydroxylation is 1. The third-order valence-corrected chi connectivity index (χ3v) is 4.99. The second-order valence-electron chi connectivity index (χ2n) is 6.15. The summed E-state index contributed by atoms with van der Waals surface area (Å²) >= 11 is 0. The van der Waals surface area contributed by atoms with Gasteiger partial charge in [0, 0.05) is 32.9 Å². The normalized spacial score (nSPS) is 36.7. The Hall–Kier alpha value is -1.51. The molecule has 0 unspecified atom stereocenters. The van der Waals surface area contributed by atoms with Crippen molar-refractivity contribution < 1.29 is 19.2 Å². The monoisotopic (exact) mass is 294 g/mol. The van der Waals surface area contributed by atoms with Crippen molar-refractivity contribution in [1.82, 2.24) is 15.2 Å². The molecule has 0 bridgehead atoms. The van der Waals surface area contributed by atoms with Gasteiger partial charge >= 0.3 is 0 Å². The van der Waals surface area contributed by atoms with E-state index in [9.17, 15) is 10.3 Å². The van der Waals surface area contributed by atoms with E-state index in [2.05, 4.69) is 15.2 Å². The molecule has 2 atom stereocenters. The van der Waals surface area contributed by atoms with Gasteiger partial charge in [-0.15, -0.1) is 0 Å². The number of hydrogen-bond donors (Lipinski definition) is 1. The van der Waals surface area contributed by atoms with Crippen LogP contribution in [-0.2, 0) is 16.8 Å². The topological polar surface area (TPSA) is 97.7 Å². The van der Waals surface area contributed by atoms with E-state index in [1.54, 1.807) is 0 Å². The largest absolute Gasteiger partial charge is 0.622 e. The van der Waals surface area contributed by atoms with Crippen molar-refractivity contribution in [3.05, 3.63) is 16.6 Å². The summed E-state index contributed by atoms with van der Waals surface area (Å²) in [5.74, 6) is 0. The Bertz CT molecular complexity index is 609. The molecule has 1 aliphatic carbocycles. The Morgan fingerprint density at radius 2 is 2.05 bits per heavy atom. The standard InChI is InChI=1S/C13H18N4O4/c1-12(16-4-6-20-7-5-16)8-13(18)10(17(12)19)3-2-9-11(13)15-21-14-9/h18H,2-8H2,1H3/t12-,13+/m0/s1. The lowest BCUT2D eigenvalue weighted by Crippen LogP contribution is -2.55. The Morgan fingerprint density at radius 1 is 1.29 bits per heavy atom. The van der Waals surface area contributed by atoms with Crippen LogP contribution in [-0.4, -0.2) is 62.7 Å². The van der Waals surface area contributed by atoms with Gasteiger partial charge in [-0.25, -0.2) is 9.53 Å². The minimum atomic E-state index is -1.36. The van der Waals surface area contributed by atoms with Crippen molar-refractivity contribution in [3.63, 3.8) is 0 Å². The molecule has 1 aromatic rings. The van der Waals surface area contributed by atoms with Gasteiger partial charge in [0.15, 0.2) is 5.69 Å². The lowest BCUT2D eigenvalue weighted by molar-refractivity contribution is -0.572. The third kappa shape index (κ3) is 1.63. The number of fused-ring (bicyclic) bond motifs is 3. The molecule has 3 heterocycles. The van der Waals surface area contributed by atoms with Crippen LogP contribution in [0.25, 0.3) is 0 Å². The van der Waals surface area contributed by atoms with Crippen molar-refractivity contribution in [2.45, 2.75) is 37.5 Å². The van der Waals surface area contributed by atoms with Crippen molar-refractivity contribution in [1.29, 1.82) is 0 Å². The second-order valence-corrected chi connectivity index (χ2v) is 6.15. The van der Waals surface area contributed by atoms with E-state index in [4.69, 9.17) is 9.37 Å². The first-order valence-corrected chi connectivity index (χ1v) is 7.26. The molecule has 8 heteroatoms. The SMILES string of the molecule is C[C@@]1(N2CCOCC2)C[C@@]2(O)C(=[N+]1[O-])CCc1nonc12. The molecule has 0 amide bonds. The van der Waals surface area contributed by atoms with Crippen LogP contribution in [0.1, 0.15) is 31.2 Å². The molecule has 1 N–H and O–H groups in total. The lowest BCUT2D eigenvalue weighted by Gasteiger charge is -2.38. The van der Waals surface area contributed by atoms with Crippen LogP contribution in [0.4, 0.5) is 0 Å². The Balaban J connectivity index is 1.77. The van der Waals surface area contributed by atoms with Crippen molar-refractivity contribution in [2.75, 3.05) is 26.3 Å². The van der Waals surface area contributed by atoms with Crippen LogP contribution >= 0.6 is 0 Å². The number of aromatic nitrogens is 2. The van der Waals surface area contributed by atoms with E-state index in [0.29, 0.717) is 56.2 Å². The Labute approximate surface area is 121 Å². The number of nitrogens with zero attached hydrogens (tertiary/aromatic N) is 4. The maximum atomic E-state index is 12.9. The van der Waals surface area contributed by atoms with Crippen LogP contribution in [0, 0.1) is 5.21 Å². The number of ether oxygens (including phenoxy) is 1. The molecule has 1 saturated heterocycles. The maximum absolute atomic E-state index is 12.9. The molecule has 0 saturated carbocycles. The molecule has 4 rings (SSSR count). The zero-order chi connectivity index (χ0) is 14.7. The predicted molar refractivity (Wildman–Crippen MR) is 70.6 cm³/mol. The molecule has 21 heavy (non-hydrogen) atoms. The van der Waals surface area contributed by atoms with Gasteiger partial charge in [-0.1, -0.05) is 10.3 Å². The first-order chi connectivity index (χ1) is 10.1. The minimum absolute atomic E-state index is 0.278. The van der Waals surface area contributed by atoms with Crippen LogP contribution < -0.4 is 0 Å². The zero-order valence-electron chi connectivity index (χ0n) is 11.9. The average molecular weight is 294 g/mol. The summed E-state index contributed by atoms with van der Waals surface area (Å²) in [6.45, 7) is 4.45. The molecule has 3 aliphatic rings. The highest BCUT2D eigenvalue weighted by atomic mass is 16.6. The molecule has 1 aromatic heterocycles. The Kier molecular flexibility index (Phi) is 2.66. The van der Waals surface area contributed by atoms with Gasteiger partial charge in [0.2, 0.25) is 17.0 Å². The first kappa shape index (κ1) is 13.2. The molecular weight excluding hydrogens is 276 g/mol. The molecule has 0 aromatic carbocycles. The van der Waals surface area contributed by atoms with Gasteiger partial charge in [0.05, 0.1) is 19.6 Å². The lowest BCUT2D eigenvalue weighted by atomic mass is 9.81. The summed E-state index contributed by atoms with van der Waals surface area (Å²) in [4.78, 5) is 2.08. The predicted octanol–water partition coefficient (Wildman–Crippen LogP) is -0.393. The fraction of sp³-hybridized carbons (Fsp3) is 0.769. The highest BCUT2D eigenvalue weighted by Crippen LogP contribution is 2.45. The van der Waals surface area contributed by atoms with E-state index in [1.165, 1.54) is 0 Å². The first-order valence-electron chi connectivity index (χ1n) is 7.26. The van der Waals surface area contributed by atoms with Gasteiger partial charge in [-0.05, 0) is 0 Å². The summed E-state index contributed by atoms with van der Waals surface area (Å²) in [6, 6.07) is 0. The molecule has 1 fully saturated rings. The summed E-state index contributed by atoms with van der Waals surface area (Å²) in [5, 5.41) is 31.6. The summed E-state index contributed by atoms with van der Waals surface area (Å²) < 4.78 is 11.1. The molecule has 114 valence electrons. The smallest absolute Gasteiger partial charge is 0.230 e. The van der Waals surface area contributed by atoms with Gasteiger partial charge < -0.3 is 15.1 Å². The maximum Gasteiger partial charge on any atom is 0.230 e.